The Morgan fingerprint density at radius 3 is 2.65 bits per heavy atom. The van der Waals surface area contributed by atoms with Crippen LogP contribution in [0.4, 0.5) is 0 Å². The summed E-state index contributed by atoms with van der Waals surface area (Å²) in [5.74, 6) is -1.53. The predicted octanol–water partition coefficient (Wildman–Crippen LogP) is 1.08. The molecule has 0 unspecified atom stereocenters. The van der Waals surface area contributed by atoms with Crippen molar-refractivity contribution >= 4 is 11.9 Å². The van der Waals surface area contributed by atoms with Crippen LogP contribution in [0.2, 0.25) is 0 Å². The summed E-state index contributed by atoms with van der Waals surface area (Å²) in [5.41, 5.74) is 0.153. The average Bonchev–Trinajstić information content (AvgIpc) is 2.77. The maximum Gasteiger partial charge on any atom is 0.326 e. The van der Waals surface area contributed by atoms with Gasteiger partial charge in [0.1, 0.15) is 11.8 Å². The van der Waals surface area contributed by atoms with Crippen molar-refractivity contribution in [2.75, 3.05) is 6.54 Å². The lowest BCUT2D eigenvalue weighted by molar-refractivity contribution is -0.141. The zero-order valence-corrected chi connectivity index (χ0v) is 9.17. The zero-order chi connectivity index (χ0) is 12.4. The molecule has 1 saturated heterocycles. The van der Waals surface area contributed by atoms with Gasteiger partial charge in [-0.05, 0) is 25.0 Å². The molecule has 0 aromatic heterocycles. The molecule has 0 spiro atoms. The smallest absolute Gasteiger partial charge is 0.326 e. The minimum atomic E-state index is -0.994. The van der Waals surface area contributed by atoms with Crippen LogP contribution >= 0.6 is 0 Å². The highest BCUT2D eigenvalue weighted by atomic mass is 16.4. The van der Waals surface area contributed by atoms with Crippen molar-refractivity contribution in [1.29, 1.82) is 0 Å². The molecule has 1 heterocycles. The number of aromatic hydroxyl groups is 1. The Morgan fingerprint density at radius 2 is 2.00 bits per heavy atom. The molecule has 1 atom stereocenters. The first-order valence-electron chi connectivity index (χ1n) is 5.43. The summed E-state index contributed by atoms with van der Waals surface area (Å²) in [6.45, 7) is 0.421. The van der Waals surface area contributed by atoms with Crippen LogP contribution < -0.4 is 0 Å². The molecule has 0 aliphatic carbocycles. The summed E-state index contributed by atoms with van der Waals surface area (Å²) in [6, 6.07) is 5.39. The molecule has 2 rings (SSSR count). The van der Waals surface area contributed by atoms with Crippen LogP contribution in [0.5, 0.6) is 5.75 Å². The Hall–Kier alpha value is -2.04. The van der Waals surface area contributed by atoms with Crippen LogP contribution in [-0.4, -0.2) is 39.6 Å². The van der Waals surface area contributed by atoms with Gasteiger partial charge in [0.05, 0.1) is 5.56 Å². The van der Waals surface area contributed by atoms with Gasteiger partial charge in [-0.3, -0.25) is 4.79 Å². The number of aliphatic carboxylic acids is 1. The first-order valence-corrected chi connectivity index (χ1v) is 5.43. The molecular weight excluding hydrogens is 222 g/mol. The van der Waals surface area contributed by atoms with Crippen LogP contribution in [0.25, 0.3) is 0 Å². The second kappa shape index (κ2) is 4.45. The first kappa shape index (κ1) is 11.4. The van der Waals surface area contributed by atoms with Crippen molar-refractivity contribution in [2.45, 2.75) is 18.9 Å². The Morgan fingerprint density at radius 1 is 1.29 bits per heavy atom. The lowest BCUT2D eigenvalue weighted by atomic mass is 10.1. The summed E-state index contributed by atoms with van der Waals surface area (Å²) >= 11 is 0. The number of benzene rings is 1. The number of carbonyl (C=O) groups excluding carboxylic acids is 1. The lowest BCUT2D eigenvalue weighted by Crippen LogP contribution is -2.40. The third kappa shape index (κ3) is 2.08. The van der Waals surface area contributed by atoms with E-state index in [1.54, 1.807) is 12.1 Å². The Labute approximate surface area is 98.3 Å². The third-order valence-electron chi connectivity index (χ3n) is 2.93. The monoisotopic (exact) mass is 235 g/mol. The highest BCUT2D eigenvalue weighted by Gasteiger charge is 2.35. The van der Waals surface area contributed by atoms with Crippen molar-refractivity contribution in [3.8, 4) is 5.75 Å². The van der Waals surface area contributed by atoms with Crippen LogP contribution in [0.3, 0.4) is 0 Å². The number of hydrogen-bond acceptors (Lipinski definition) is 3. The van der Waals surface area contributed by atoms with Crippen molar-refractivity contribution < 1.29 is 19.8 Å². The van der Waals surface area contributed by atoms with Gasteiger partial charge >= 0.3 is 5.97 Å². The van der Waals surface area contributed by atoms with E-state index < -0.39 is 17.9 Å². The standard InChI is InChI=1S/C12H13NO4/c14-10-6-2-1-4-8(10)11(15)13-7-3-5-9(13)12(16)17/h1-2,4,6,9,14H,3,5,7H2,(H,16,17)/t9-/m1/s1. The first-order chi connectivity index (χ1) is 8.11. The SMILES string of the molecule is O=C(O)[C@H]1CCCN1C(=O)c1ccccc1O. The molecule has 1 amide bonds. The van der Waals surface area contributed by atoms with Gasteiger partial charge < -0.3 is 15.1 Å². The highest BCUT2D eigenvalue weighted by molar-refractivity contribution is 5.99. The number of phenolic OH excluding ortho intramolecular Hbond substituents is 1. The van der Waals surface area contributed by atoms with Crippen molar-refractivity contribution in [2.24, 2.45) is 0 Å². The van der Waals surface area contributed by atoms with Gasteiger partial charge in [-0.25, -0.2) is 4.79 Å². The number of hydrogen-bond donors (Lipinski definition) is 2. The molecule has 1 aromatic rings. The molecule has 90 valence electrons. The summed E-state index contributed by atoms with van der Waals surface area (Å²) in [5, 5.41) is 18.6. The largest absolute Gasteiger partial charge is 0.507 e. The normalized spacial score (nSPS) is 19.3. The molecule has 1 fully saturated rings. The number of phenols is 1. The predicted molar refractivity (Wildman–Crippen MR) is 59.8 cm³/mol. The summed E-state index contributed by atoms with van der Waals surface area (Å²) in [4.78, 5) is 24.4. The van der Waals surface area contributed by atoms with E-state index in [4.69, 9.17) is 5.11 Å². The molecule has 0 saturated carbocycles. The maximum absolute atomic E-state index is 12.1. The summed E-state index contributed by atoms with van der Waals surface area (Å²) in [6.07, 6.45) is 1.14. The van der Waals surface area contributed by atoms with Gasteiger partial charge in [0, 0.05) is 6.54 Å². The van der Waals surface area contributed by atoms with Gasteiger partial charge in [0.25, 0.3) is 5.91 Å². The number of carbonyl (C=O) groups is 2. The Balaban J connectivity index is 2.26. The molecule has 1 aliphatic heterocycles. The number of carboxylic acids is 1. The van der Waals surface area contributed by atoms with E-state index in [2.05, 4.69) is 0 Å². The molecular formula is C12H13NO4. The van der Waals surface area contributed by atoms with Crippen molar-refractivity contribution in [1.82, 2.24) is 4.90 Å². The minimum absolute atomic E-state index is 0.117. The third-order valence-corrected chi connectivity index (χ3v) is 2.93. The fourth-order valence-electron chi connectivity index (χ4n) is 2.08. The quantitative estimate of drug-likeness (QED) is 0.804. The number of likely N-dealkylation sites (tertiary alicyclic amines) is 1. The van der Waals surface area contributed by atoms with Crippen LogP contribution in [-0.2, 0) is 4.79 Å². The molecule has 5 heteroatoms. The number of carboxylic acid groups (broad SMARTS) is 1. The minimum Gasteiger partial charge on any atom is -0.507 e. The van der Waals surface area contributed by atoms with Gasteiger partial charge in [-0.15, -0.1) is 0 Å². The second-order valence-electron chi connectivity index (χ2n) is 4.01. The average molecular weight is 235 g/mol. The van der Waals surface area contributed by atoms with Crippen molar-refractivity contribution in [3.63, 3.8) is 0 Å². The lowest BCUT2D eigenvalue weighted by Gasteiger charge is -2.21. The molecule has 0 bridgehead atoms. The molecule has 17 heavy (non-hydrogen) atoms. The number of amides is 1. The van der Waals surface area contributed by atoms with E-state index in [0.717, 1.165) is 0 Å². The fourth-order valence-corrected chi connectivity index (χ4v) is 2.08. The summed E-state index contributed by atoms with van der Waals surface area (Å²) in [7, 11) is 0. The topological polar surface area (TPSA) is 77.8 Å². The van der Waals surface area contributed by atoms with Gasteiger partial charge in [0.2, 0.25) is 0 Å². The van der Waals surface area contributed by atoms with Crippen LogP contribution in [0.15, 0.2) is 24.3 Å². The maximum atomic E-state index is 12.1. The van der Waals surface area contributed by atoms with E-state index >= 15 is 0 Å². The van der Waals surface area contributed by atoms with E-state index in [-0.39, 0.29) is 11.3 Å². The van der Waals surface area contributed by atoms with Gasteiger partial charge in [-0.2, -0.15) is 0 Å². The molecule has 5 nitrogen and oxygen atoms in total. The zero-order valence-electron chi connectivity index (χ0n) is 9.17. The number of rotatable bonds is 2. The van der Waals surface area contributed by atoms with E-state index in [1.165, 1.54) is 17.0 Å². The van der Waals surface area contributed by atoms with Gasteiger partial charge in [0.15, 0.2) is 0 Å². The Bertz CT molecular complexity index is 458. The number of nitrogens with zero attached hydrogens (tertiary/aromatic N) is 1. The number of para-hydroxylation sites is 1. The van der Waals surface area contributed by atoms with Crippen molar-refractivity contribution in [3.05, 3.63) is 29.8 Å². The highest BCUT2D eigenvalue weighted by Crippen LogP contribution is 2.24. The van der Waals surface area contributed by atoms with E-state index in [9.17, 15) is 14.7 Å². The molecule has 2 N–H and O–H groups in total. The fraction of sp³-hybridized carbons (Fsp3) is 0.333. The van der Waals surface area contributed by atoms with Crippen LogP contribution in [0, 0.1) is 0 Å². The Kier molecular flexibility index (Phi) is 2.99. The summed E-state index contributed by atoms with van der Waals surface area (Å²) < 4.78 is 0. The molecule has 0 radical (unpaired) electrons. The van der Waals surface area contributed by atoms with Gasteiger partial charge in [-0.1, -0.05) is 12.1 Å². The van der Waals surface area contributed by atoms with E-state index in [1.807, 2.05) is 0 Å². The molecule has 1 aliphatic rings. The van der Waals surface area contributed by atoms with E-state index in [0.29, 0.717) is 19.4 Å². The van der Waals surface area contributed by atoms with Crippen LogP contribution in [0.1, 0.15) is 23.2 Å². The second-order valence-corrected chi connectivity index (χ2v) is 4.01. The molecule has 1 aromatic carbocycles.